The molecule has 0 aromatic carbocycles. The lowest BCUT2D eigenvalue weighted by molar-refractivity contribution is 0.0214. The Morgan fingerprint density at radius 3 is 2.64 bits per heavy atom. The molecule has 4 heterocycles. The second kappa shape index (κ2) is 8.06. The van der Waals surface area contributed by atoms with Gasteiger partial charge in [0.1, 0.15) is 12.2 Å². The van der Waals surface area contributed by atoms with Gasteiger partial charge in [0.05, 0.1) is 16.6 Å². The predicted octanol–water partition coefficient (Wildman–Crippen LogP) is 4.40. The van der Waals surface area contributed by atoms with E-state index >= 15 is 0 Å². The summed E-state index contributed by atoms with van der Waals surface area (Å²) < 4.78 is 11.5. The van der Waals surface area contributed by atoms with Crippen molar-refractivity contribution >= 4 is 16.7 Å². The van der Waals surface area contributed by atoms with Crippen molar-refractivity contribution in [3.63, 3.8) is 0 Å². The third kappa shape index (κ3) is 4.17. The molecular formula is C26H30N4O3. The first kappa shape index (κ1) is 21.8. The smallest absolute Gasteiger partial charge is 0.340 e. The van der Waals surface area contributed by atoms with Crippen LogP contribution in [0.2, 0.25) is 0 Å². The summed E-state index contributed by atoms with van der Waals surface area (Å²) in [4.78, 5) is 26.4. The van der Waals surface area contributed by atoms with E-state index in [0.717, 1.165) is 52.7 Å². The average molecular weight is 447 g/mol. The van der Waals surface area contributed by atoms with Gasteiger partial charge < -0.3 is 15.2 Å². The van der Waals surface area contributed by atoms with E-state index in [0.29, 0.717) is 17.9 Å². The summed E-state index contributed by atoms with van der Waals surface area (Å²) in [6.07, 6.45) is 7.26. The van der Waals surface area contributed by atoms with Gasteiger partial charge in [0.2, 0.25) is 5.88 Å². The van der Waals surface area contributed by atoms with Crippen molar-refractivity contribution in [1.29, 1.82) is 0 Å². The van der Waals surface area contributed by atoms with Crippen LogP contribution in [0, 0.1) is 0 Å². The number of rotatable bonds is 6. The molecule has 172 valence electrons. The van der Waals surface area contributed by atoms with E-state index in [1.54, 1.807) is 0 Å². The zero-order chi connectivity index (χ0) is 23.3. The molecule has 7 heteroatoms. The van der Waals surface area contributed by atoms with Gasteiger partial charge in [-0.15, -0.1) is 0 Å². The summed E-state index contributed by atoms with van der Waals surface area (Å²) in [5.74, 6) is 0.417. The van der Waals surface area contributed by atoms with Crippen molar-refractivity contribution in [2.24, 2.45) is 5.73 Å². The molecule has 1 aliphatic carbocycles. The maximum Gasteiger partial charge on any atom is 0.340 e. The molecule has 2 atom stereocenters. The van der Waals surface area contributed by atoms with E-state index < -0.39 is 5.54 Å². The Labute approximate surface area is 193 Å². The average Bonchev–Trinajstić information content (AvgIpc) is 3.57. The molecule has 1 saturated carbocycles. The third-order valence-electron chi connectivity index (χ3n) is 6.50. The summed E-state index contributed by atoms with van der Waals surface area (Å²) in [5.41, 5.74) is 10.00. The molecular weight excluding hydrogens is 416 g/mol. The van der Waals surface area contributed by atoms with Crippen LogP contribution in [0.3, 0.4) is 0 Å². The highest BCUT2D eigenvalue weighted by Gasteiger charge is 2.33. The van der Waals surface area contributed by atoms with Crippen molar-refractivity contribution in [2.75, 3.05) is 0 Å². The molecule has 2 aliphatic rings. The monoisotopic (exact) mass is 446 g/mol. The van der Waals surface area contributed by atoms with E-state index in [1.165, 1.54) is 0 Å². The standard InChI is InChI=1S/C26H30N4O3/c1-5-18-14(2)32-25(31)19-9-6-15(30-23(18)19)10-16-11-20-21(12-28-16)24(33-17-7-8-17)29-13-22(20)26(3,4)27/h6,9,11-14,17-18H,5,7-8,10,27H2,1-4H3/t14-,18+/m0/s1. The van der Waals surface area contributed by atoms with Crippen LogP contribution < -0.4 is 10.5 Å². The highest BCUT2D eigenvalue weighted by molar-refractivity contribution is 5.92. The maximum atomic E-state index is 12.3. The van der Waals surface area contributed by atoms with Crippen LogP contribution >= 0.6 is 0 Å². The van der Waals surface area contributed by atoms with Gasteiger partial charge in [0.25, 0.3) is 0 Å². The van der Waals surface area contributed by atoms with Gasteiger partial charge >= 0.3 is 5.97 Å². The Morgan fingerprint density at radius 2 is 1.94 bits per heavy atom. The highest BCUT2D eigenvalue weighted by Crippen LogP contribution is 2.35. The lowest BCUT2D eigenvalue weighted by atomic mass is 9.90. The number of fused-ring (bicyclic) bond motifs is 2. The summed E-state index contributed by atoms with van der Waals surface area (Å²) in [5, 5.41) is 1.88. The number of nitrogens with zero attached hydrogens (tertiary/aromatic N) is 3. The van der Waals surface area contributed by atoms with Gasteiger partial charge in [-0.2, -0.15) is 0 Å². The molecule has 1 fully saturated rings. The number of nitrogens with two attached hydrogens (primary N) is 1. The molecule has 7 nitrogen and oxygen atoms in total. The number of pyridine rings is 3. The van der Waals surface area contributed by atoms with Crippen molar-refractivity contribution in [3.05, 3.63) is 58.8 Å². The Bertz CT molecular complexity index is 1230. The van der Waals surface area contributed by atoms with Crippen LogP contribution in [0.5, 0.6) is 5.88 Å². The highest BCUT2D eigenvalue weighted by atomic mass is 16.5. The molecule has 3 aromatic heterocycles. The molecule has 3 aromatic rings. The zero-order valence-electron chi connectivity index (χ0n) is 19.6. The lowest BCUT2D eigenvalue weighted by Crippen LogP contribution is -2.31. The second-order valence-electron chi connectivity index (χ2n) is 9.77. The van der Waals surface area contributed by atoms with Crippen molar-refractivity contribution in [1.82, 2.24) is 15.0 Å². The fraction of sp³-hybridized carbons (Fsp3) is 0.462. The van der Waals surface area contributed by atoms with E-state index in [9.17, 15) is 4.79 Å². The predicted molar refractivity (Wildman–Crippen MR) is 125 cm³/mol. The number of ether oxygens (including phenoxy) is 2. The summed E-state index contributed by atoms with van der Waals surface area (Å²) in [6, 6.07) is 5.78. The van der Waals surface area contributed by atoms with Gasteiger partial charge in [0.15, 0.2) is 0 Å². The minimum Gasteiger partial charge on any atom is -0.474 e. The van der Waals surface area contributed by atoms with Gasteiger partial charge in [-0.25, -0.2) is 9.78 Å². The first-order chi connectivity index (χ1) is 15.7. The topological polar surface area (TPSA) is 100 Å². The Hall–Kier alpha value is -3.06. The van der Waals surface area contributed by atoms with E-state index in [1.807, 2.05) is 45.3 Å². The maximum absolute atomic E-state index is 12.3. The molecule has 5 rings (SSSR count). The van der Waals surface area contributed by atoms with Crippen molar-refractivity contribution in [3.8, 4) is 5.88 Å². The molecule has 2 N–H and O–H groups in total. The lowest BCUT2D eigenvalue weighted by Gasteiger charge is -2.29. The van der Waals surface area contributed by atoms with Crippen LogP contribution in [0.4, 0.5) is 0 Å². The number of aromatic nitrogens is 3. The first-order valence-electron chi connectivity index (χ1n) is 11.7. The van der Waals surface area contributed by atoms with Gasteiger partial charge in [0, 0.05) is 41.7 Å². The largest absolute Gasteiger partial charge is 0.474 e. The molecule has 1 aliphatic heterocycles. The summed E-state index contributed by atoms with van der Waals surface area (Å²) in [7, 11) is 0. The quantitative estimate of drug-likeness (QED) is 0.560. The summed E-state index contributed by atoms with van der Waals surface area (Å²) in [6.45, 7) is 7.97. The van der Waals surface area contributed by atoms with Crippen LogP contribution in [-0.4, -0.2) is 33.1 Å². The van der Waals surface area contributed by atoms with Gasteiger partial charge in [-0.3, -0.25) is 9.97 Å². The minimum atomic E-state index is -0.559. The second-order valence-corrected chi connectivity index (χ2v) is 9.77. The first-order valence-corrected chi connectivity index (χ1v) is 11.7. The number of hydrogen-bond donors (Lipinski definition) is 1. The molecule has 0 unspecified atom stereocenters. The number of cyclic esters (lactones) is 1. The summed E-state index contributed by atoms with van der Waals surface area (Å²) >= 11 is 0. The molecule has 0 amide bonds. The van der Waals surface area contributed by atoms with E-state index in [2.05, 4.69) is 18.0 Å². The van der Waals surface area contributed by atoms with Crippen LogP contribution in [0.15, 0.2) is 30.6 Å². The van der Waals surface area contributed by atoms with Crippen LogP contribution in [-0.2, 0) is 16.7 Å². The fourth-order valence-corrected chi connectivity index (χ4v) is 4.52. The fourth-order valence-electron chi connectivity index (χ4n) is 4.52. The Balaban J connectivity index is 1.53. The van der Waals surface area contributed by atoms with Crippen LogP contribution in [0.25, 0.3) is 10.8 Å². The number of carbonyl (C=O) groups excluding carboxylic acids is 1. The molecule has 0 bridgehead atoms. The normalized spacial score (nSPS) is 20.5. The van der Waals surface area contributed by atoms with Crippen molar-refractivity contribution in [2.45, 2.75) is 77.0 Å². The number of hydrogen-bond acceptors (Lipinski definition) is 7. The third-order valence-corrected chi connectivity index (χ3v) is 6.50. The zero-order valence-corrected chi connectivity index (χ0v) is 19.6. The molecule has 33 heavy (non-hydrogen) atoms. The molecule has 0 saturated heterocycles. The Kier molecular flexibility index (Phi) is 5.32. The van der Waals surface area contributed by atoms with Gasteiger partial charge in [-0.05, 0) is 69.2 Å². The molecule has 0 spiro atoms. The number of carbonyl (C=O) groups is 1. The van der Waals surface area contributed by atoms with Crippen molar-refractivity contribution < 1.29 is 14.3 Å². The van der Waals surface area contributed by atoms with Crippen LogP contribution in [0.1, 0.15) is 85.9 Å². The van der Waals surface area contributed by atoms with E-state index in [4.69, 9.17) is 25.2 Å². The Morgan fingerprint density at radius 1 is 1.15 bits per heavy atom. The SMILES string of the molecule is CC[C@H]1c2nc(Cc3cc4c(C(C)(C)N)cnc(OC5CC5)c4cn3)ccc2C(=O)O[C@H]1C. The number of esters is 1. The van der Waals surface area contributed by atoms with Gasteiger partial charge in [-0.1, -0.05) is 6.92 Å². The van der Waals surface area contributed by atoms with E-state index in [-0.39, 0.29) is 24.1 Å². The minimum absolute atomic E-state index is 0.0973. The molecule has 0 radical (unpaired) electrons.